The van der Waals surface area contributed by atoms with E-state index < -0.39 is 0 Å². The van der Waals surface area contributed by atoms with Crippen molar-refractivity contribution in [2.75, 3.05) is 13.1 Å². The molecule has 7 nitrogen and oxygen atoms in total. The molecular formula is C17H23N5O2. The Balaban J connectivity index is 1.54. The molecule has 2 aliphatic rings. The van der Waals surface area contributed by atoms with E-state index in [2.05, 4.69) is 15.2 Å². The molecular weight excluding hydrogens is 306 g/mol. The summed E-state index contributed by atoms with van der Waals surface area (Å²) in [5.74, 6) is 2.84. The van der Waals surface area contributed by atoms with Crippen molar-refractivity contribution in [1.82, 2.24) is 24.6 Å². The minimum absolute atomic E-state index is 0.139. The Kier molecular flexibility index (Phi) is 3.66. The van der Waals surface area contributed by atoms with Crippen molar-refractivity contribution in [2.24, 2.45) is 5.92 Å². The summed E-state index contributed by atoms with van der Waals surface area (Å²) in [6.07, 6.45) is 7.64. The SMILES string of the molecule is CCc1nnc([C@]23CCC[C@H]2CN(C(=O)Cn2ccnc2C)C3)o1. The number of hydrogen-bond donors (Lipinski definition) is 0. The third-order valence-corrected chi connectivity index (χ3v) is 5.65. The summed E-state index contributed by atoms with van der Waals surface area (Å²) in [5.41, 5.74) is -0.139. The molecule has 0 radical (unpaired) electrons. The number of likely N-dealkylation sites (tertiary alicyclic amines) is 1. The molecule has 1 saturated carbocycles. The quantitative estimate of drug-likeness (QED) is 0.853. The van der Waals surface area contributed by atoms with Crippen molar-refractivity contribution >= 4 is 5.91 Å². The molecule has 1 aliphatic heterocycles. The van der Waals surface area contributed by atoms with Gasteiger partial charge in [0.2, 0.25) is 17.7 Å². The van der Waals surface area contributed by atoms with E-state index in [4.69, 9.17) is 4.42 Å². The Morgan fingerprint density at radius 1 is 1.46 bits per heavy atom. The second-order valence-electron chi connectivity index (χ2n) is 6.98. The van der Waals surface area contributed by atoms with Crippen LogP contribution in [0.5, 0.6) is 0 Å². The zero-order valence-corrected chi connectivity index (χ0v) is 14.2. The van der Waals surface area contributed by atoms with Crippen LogP contribution in [0.3, 0.4) is 0 Å². The number of hydrogen-bond acceptors (Lipinski definition) is 5. The van der Waals surface area contributed by atoms with Crippen molar-refractivity contribution in [2.45, 2.75) is 51.5 Å². The Morgan fingerprint density at radius 2 is 2.33 bits per heavy atom. The van der Waals surface area contributed by atoms with E-state index in [1.807, 2.05) is 29.5 Å². The molecule has 24 heavy (non-hydrogen) atoms. The predicted molar refractivity (Wildman–Crippen MR) is 86.2 cm³/mol. The minimum atomic E-state index is -0.139. The third kappa shape index (κ3) is 2.34. The van der Waals surface area contributed by atoms with Crippen LogP contribution in [0, 0.1) is 12.8 Å². The number of carbonyl (C=O) groups is 1. The first-order valence-electron chi connectivity index (χ1n) is 8.71. The van der Waals surface area contributed by atoms with Crippen LogP contribution in [0.4, 0.5) is 0 Å². The Hall–Kier alpha value is -2.18. The molecule has 1 amide bonds. The van der Waals surface area contributed by atoms with Gasteiger partial charge in [0.05, 0.1) is 5.41 Å². The van der Waals surface area contributed by atoms with Gasteiger partial charge in [-0.15, -0.1) is 10.2 Å². The van der Waals surface area contributed by atoms with Crippen LogP contribution < -0.4 is 0 Å². The van der Waals surface area contributed by atoms with Gasteiger partial charge in [0.15, 0.2) is 0 Å². The van der Waals surface area contributed by atoms with Gasteiger partial charge >= 0.3 is 0 Å². The molecule has 0 spiro atoms. The number of imidazole rings is 1. The summed E-state index contributed by atoms with van der Waals surface area (Å²) in [5, 5.41) is 8.46. The summed E-state index contributed by atoms with van der Waals surface area (Å²) in [6.45, 7) is 5.75. The maximum atomic E-state index is 12.7. The van der Waals surface area contributed by atoms with Crippen LogP contribution in [0.1, 0.15) is 43.8 Å². The van der Waals surface area contributed by atoms with E-state index in [0.29, 0.717) is 24.9 Å². The number of aryl methyl sites for hydroxylation is 2. The fourth-order valence-electron chi connectivity index (χ4n) is 4.24. The first-order valence-corrected chi connectivity index (χ1v) is 8.71. The molecule has 0 N–H and O–H groups in total. The van der Waals surface area contributed by atoms with Gasteiger partial charge in [0, 0.05) is 31.9 Å². The van der Waals surface area contributed by atoms with Crippen molar-refractivity contribution in [3.8, 4) is 0 Å². The average Bonchev–Trinajstić information content (AvgIpc) is 3.29. The molecule has 1 saturated heterocycles. The molecule has 2 aromatic rings. The fraction of sp³-hybridized carbons (Fsp3) is 0.647. The number of rotatable bonds is 4. The van der Waals surface area contributed by atoms with Gasteiger partial charge in [-0.1, -0.05) is 13.3 Å². The molecule has 0 aromatic carbocycles. The highest BCUT2D eigenvalue weighted by Gasteiger charge is 2.55. The van der Waals surface area contributed by atoms with Gasteiger partial charge in [-0.25, -0.2) is 4.98 Å². The lowest BCUT2D eigenvalue weighted by molar-refractivity contribution is -0.131. The van der Waals surface area contributed by atoms with E-state index >= 15 is 0 Å². The van der Waals surface area contributed by atoms with E-state index in [-0.39, 0.29) is 11.3 Å². The molecule has 7 heteroatoms. The number of nitrogens with zero attached hydrogens (tertiary/aromatic N) is 5. The van der Waals surface area contributed by atoms with Gasteiger partial charge < -0.3 is 13.9 Å². The largest absolute Gasteiger partial charge is 0.425 e. The summed E-state index contributed by atoms with van der Waals surface area (Å²) < 4.78 is 7.79. The second-order valence-corrected chi connectivity index (χ2v) is 6.98. The van der Waals surface area contributed by atoms with Gasteiger partial charge in [-0.05, 0) is 25.7 Å². The van der Waals surface area contributed by atoms with Crippen molar-refractivity contribution in [3.63, 3.8) is 0 Å². The normalized spacial score (nSPS) is 26.1. The molecule has 3 heterocycles. The van der Waals surface area contributed by atoms with Crippen LogP contribution in [0.15, 0.2) is 16.8 Å². The highest BCUT2D eigenvalue weighted by atomic mass is 16.4. The lowest BCUT2D eigenvalue weighted by atomic mass is 9.80. The van der Waals surface area contributed by atoms with E-state index in [9.17, 15) is 4.79 Å². The Bertz CT molecular complexity index is 752. The lowest BCUT2D eigenvalue weighted by Gasteiger charge is -2.24. The van der Waals surface area contributed by atoms with Gasteiger partial charge in [0.25, 0.3) is 0 Å². The van der Waals surface area contributed by atoms with Crippen molar-refractivity contribution < 1.29 is 9.21 Å². The fourth-order valence-corrected chi connectivity index (χ4v) is 4.24. The average molecular weight is 329 g/mol. The number of fused-ring (bicyclic) bond motifs is 1. The molecule has 2 fully saturated rings. The predicted octanol–water partition coefficient (Wildman–Crippen LogP) is 1.72. The zero-order valence-electron chi connectivity index (χ0n) is 14.2. The van der Waals surface area contributed by atoms with Gasteiger partial charge in [0.1, 0.15) is 12.4 Å². The highest BCUT2D eigenvalue weighted by molar-refractivity contribution is 5.76. The Morgan fingerprint density at radius 3 is 3.04 bits per heavy atom. The van der Waals surface area contributed by atoms with Crippen molar-refractivity contribution in [1.29, 1.82) is 0 Å². The van der Waals surface area contributed by atoms with E-state index in [1.54, 1.807) is 6.20 Å². The molecule has 2 aromatic heterocycles. The van der Waals surface area contributed by atoms with Crippen LogP contribution >= 0.6 is 0 Å². The molecule has 4 rings (SSSR count). The lowest BCUT2D eigenvalue weighted by Crippen LogP contribution is -2.36. The summed E-state index contributed by atoms with van der Waals surface area (Å²) in [4.78, 5) is 18.9. The number of carbonyl (C=O) groups excluding carboxylic acids is 1. The minimum Gasteiger partial charge on any atom is -0.425 e. The molecule has 128 valence electrons. The topological polar surface area (TPSA) is 77.1 Å². The maximum absolute atomic E-state index is 12.7. The van der Waals surface area contributed by atoms with Crippen LogP contribution in [0.2, 0.25) is 0 Å². The number of amides is 1. The van der Waals surface area contributed by atoms with Crippen molar-refractivity contribution in [3.05, 3.63) is 30.0 Å². The number of aromatic nitrogens is 4. The van der Waals surface area contributed by atoms with E-state index in [0.717, 1.165) is 43.9 Å². The summed E-state index contributed by atoms with van der Waals surface area (Å²) in [7, 11) is 0. The zero-order chi connectivity index (χ0) is 16.7. The van der Waals surface area contributed by atoms with Gasteiger partial charge in [-0.2, -0.15) is 0 Å². The summed E-state index contributed by atoms with van der Waals surface area (Å²) in [6, 6.07) is 0. The first-order chi connectivity index (χ1) is 11.6. The standard InChI is InChI=1S/C17H23N5O2/c1-3-14-19-20-16(24-14)17-6-4-5-13(17)9-22(11-17)15(23)10-21-8-7-18-12(21)2/h7-8,13H,3-6,9-11H2,1-2H3/t13-,17-/m0/s1. The Labute approximate surface area is 141 Å². The monoisotopic (exact) mass is 329 g/mol. The van der Waals surface area contributed by atoms with Crippen LogP contribution in [-0.2, 0) is 23.2 Å². The smallest absolute Gasteiger partial charge is 0.242 e. The summed E-state index contributed by atoms with van der Waals surface area (Å²) >= 11 is 0. The molecule has 2 atom stereocenters. The highest BCUT2D eigenvalue weighted by Crippen LogP contribution is 2.50. The third-order valence-electron chi connectivity index (χ3n) is 5.65. The van der Waals surface area contributed by atoms with Crippen LogP contribution in [-0.4, -0.2) is 43.6 Å². The maximum Gasteiger partial charge on any atom is 0.242 e. The molecule has 1 aliphatic carbocycles. The van der Waals surface area contributed by atoms with Gasteiger partial charge in [-0.3, -0.25) is 4.79 Å². The van der Waals surface area contributed by atoms with E-state index in [1.165, 1.54) is 0 Å². The first kappa shape index (κ1) is 15.4. The molecule has 0 bridgehead atoms. The molecule has 0 unspecified atom stereocenters. The second kappa shape index (κ2) is 5.72. The van der Waals surface area contributed by atoms with Crippen LogP contribution in [0.25, 0.3) is 0 Å².